The Morgan fingerprint density at radius 2 is 1.74 bits per heavy atom. The molecule has 2 unspecified atom stereocenters. The fraction of sp³-hybridized carbons (Fsp3) is 0.389. The lowest BCUT2D eigenvalue weighted by atomic mass is 10.0. The molecule has 0 radical (unpaired) electrons. The Balaban J connectivity index is 0.000000168. The van der Waals surface area contributed by atoms with Crippen molar-refractivity contribution < 1.29 is 22.2 Å². The lowest BCUT2D eigenvalue weighted by Crippen LogP contribution is -2.31. The molecule has 2 N–H and O–H groups in total. The predicted molar refractivity (Wildman–Crippen MR) is 100 cm³/mol. The number of hydrogen-bond acceptors (Lipinski definition) is 5. The first-order valence-corrected chi connectivity index (χ1v) is 10.4. The van der Waals surface area contributed by atoms with Crippen LogP contribution in [0, 0.1) is 18.8 Å². The van der Waals surface area contributed by atoms with Crippen molar-refractivity contribution in [3.05, 3.63) is 52.9 Å². The zero-order valence-electron chi connectivity index (χ0n) is 14.8. The Kier molecular flexibility index (Phi) is 5.90. The van der Waals surface area contributed by atoms with E-state index in [0.717, 1.165) is 31.7 Å². The van der Waals surface area contributed by atoms with Crippen LogP contribution in [0.25, 0.3) is 0 Å². The number of carbonyl (C=O) groups excluding carboxylic acids is 1. The van der Waals surface area contributed by atoms with Crippen molar-refractivity contribution in [2.75, 3.05) is 26.2 Å². The normalized spacial score (nSPS) is 21.5. The third kappa shape index (κ3) is 4.90. The first-order chi connectivity index (χ1) is 12.7. The van der Waals surface area contributed by atoms with Crippen molar-refractivity contribution in [2.45, 2.75) is 11.8 Å². The third-order valence-electron chi connectivity index (χ3n) is 4.78. The van der Waals surface area contributed by atoms with E-state index in [0.29, 0.717) is 17.6 Å². The Hall–Kier alpha value is -1.87. The molecule has 2 atom stereocenters. The molecule has 2 aliphatic rings. The summed E-state index contributed by atoms with van der Waals surface area (Å²) in [6, 6.07) is 9.23. The first-order valence-electron chi connectivity index (χ1n) is 8.53. The van der Waals surface area contributed by atoms with Gasteiger partial charge < -0.3 is 14.6 Å². The maximum atomic E-state index is 12.0. The van der Waals surface area contributed by atoms with Gasteiger partial charge in [0.1, 0.15) is 0 Å². The van der Waals surface area contributed by atoms with Crippen molar-refractivity contribution in [3.63, 3.8) is 0 Å². The molecule has 4 rings (SSSR count). The van der Waals surface area contributed by atoms with Crippen molar-refractivity contribution in [1.29, 1.82) is 0 Å². The minimum absolute atomic E-state index is 0.0405. The van der Waals surface area contributed by atoms with Crippen LogP contribution in [0.15, 0.2) is 45.7 Å². The number of benzene rings is 1. The number of halogens is 1. The molecule has 0 saturated carbocycles. The first kappa shape index (κ1) is 19.9. The van der Waals surface area contributed by atoms with Crippen LogP contribution < -0.4 is 5.32 Å². The lowest BCUT2D eigenvalue weighted by molar-refractivity contribution is 0.0750. The molecule has 2 aromatic rings. The molecule has 2 saturated heterocycles. The summed E-state index contributed by atoms with van der Waals surface area (Å²) in [7, 11) is -4.02. The quantitative estimate of drug-likeness (QED) is 0.735. The van der Waals surface area contributed by atoms with E-state index in [9.17, 15) is 13.2 Å². The molecule has 7 nitrogen and oxygen atoms in total. The van der Waals surface area contributed by atoms with Gasteiger partial charge in [0.2, 0.25) is 0 Å². The number of carbonyl (C=O) groups is 1. The predicted octanol–water partition coefficient (Wildman–Crippen LogP) is 2.47. The van der Waals surface area contributed by atoms with E-state index in [1.54, 1.807) is 24.3 Å². The molecular formula is C18H21ClN2O5S. The van der Waals surface area contributed by atoms with E-state index in [-0.39, 0.29) is 16.0 Å². The molecule has 1 amide bonds. The summed E-state index contributed by atoms with van der Waals surface area (Å²) >= 11 is 5.66. The van der Waals surface area contributed by atoms with Crippen molar-refractivity contribution in [1.82, 2.24) is 10.2 Å². The number of aryl methyl sites for hydroxylation is 1. The molecule has 3 heterocycles. The van der Waals surface area contributed by atoms with Gasteiger partial charge in [-0.2, -0.15) is 8.42 Å². The summed E-state index contributed by atoms with van der Waals surface area (Å²) in [5, 5.41) is 3.61. The molecule has 1 aromatic carbocycles. The number of likely N-dealkylation sites (tertiary alicyclic amines) is 1. The smallest absolute Gasteiger partial charge is 0.294 e. The van der Waals surface area contributed by atoms with Gasteiger partial charge in [-0.3, -0.25) is 9.35 Å². The number of hydrogen-bond donors (Lipinski definition) is 2. The molecule has 0 spiro atoms. The second kappa shape index (κ2) is 8.02. The van der Waals surface area contributed by atoms with E-state index in [2.05, 4.69) is 5.32 Å². The highest BCUT2D eigenvalue weighted by Gasteiger charge is 2.38. The molecule has 2 aliphatic heterocycles. The van der Waals surface area contributed by atoms with Gasteiger partial charge in [-0.25, -0.2) is 0 Å². The van der Waals surface area contributed by atoms with Gasteiger partial charge in [-0.05, 0) is 54.6 Å². The lowest BCUT2D eigenvalue weighted by Gasteiger charge is -2.15. The summed E-state index contributed by atoms with van der Waals surface area (Å²) in [6.45, 7) is 5.54. The van der Waals surface area contributed by atoms with E-state index >= 15 is 0 Å². The number of rotatable bonds is 2. The highest BCUT2D eigenvalue weighted by atomic mass is 35.5. The Bertz CT molecular complexity index is 898. The number of nitrogens with zero attached hydrogens (tertiary/aromatic N) is 1. The molecule has 1 aromatic heterocycles. The average Bonchev–Trinajstić information content (AvgIpc) is 3.30. The van der Waals surface area contributed by atoms with E-state index in [1.807, 2.05) is 11.8 Å². The van der Waals surface area contributed by atoms with Crippen LogP contribution in [-0.4, -0.2) is 50.0 Å². The van der Waals surface area contributed by atoms with Crippen LogP contribution in [0.4, 0.5) is 0 Å². The van der Waals surface area contributed by atoms with Gasteiger partial charge in [0, 0.05) is 26.2 Å². The van der Waals surface area contributed by atoms with Crippen LogP contribution in [-0.2, 0) is 10.1 Å². The molecular weight excluding hydrogens is 392 g/mol. The number of fused-ring (bicyclic) bond motifs is 1. The van der Waals surface area contributed by atoms with Gasteiger partial charge in [0.05, 0.1) is 4.90 Å². The van der Waals surface area contributed by atoms with Crippen LogP contribution in [0.5, 0.6) is 0 Å². The highest BCUT2D eigenvalue weighted by Crippen LogP contribution is 2.28. The highest BCUT2D eigenvalue weighted by molar-refractivity contribution is 7.85. The van der Waals surface area contributed by atoms with Crippen molar-refractivity contribution in [3.8, 4) is 0 Å². The Morgan fingerprint density at radius 3 is 2.22 bits per heavy atom. The third-order valence-corrected chi connectivity index (χ3v) is 5.85. The zero-order chi connectivity index (χ0) is 19.6. The number of furan rings is 1. The maximum Gasteiger partial charge on any atom is 0.294 e. The summed E-state index contributed by atoms with van der Waals surface area (Å²) < 4.78 is 34.7. The maximum absolute atomic E-state index is 12.0. The minimum atomic E-state index is -4.02. The fourth-order valence-corrected chi connectivity index (χ4v) is 3.94. The summed E-state index contributed by atoms with van der Waals surface area (Å²) in [4.78, 5) is 13.8. The fourth-order valence-electron chi connectivity index (χ4n) is 3.32. The molecule has 0 bridgehead atoms. The Labute approximate surface area is 163 Å². The van der Waals surface area contributed by atoms with E-state index in [1.165, 1.54) is 12.1 Å². The monoisotopic (exact) mass is 412 g/mol. The van der Waals surface area contributed by atoms with Crippen LogP contribution in [0.2, 0.25) is 5.22 Å². The van der Waals surface area contributed by atoms with Crippen molar-refractivity contribution in [2.24, 2.45) is 11.8 Å². The van der Waals surface area contributed by atoms with Crippen LogP contribution >= 0.6 is 11.6 Å². The summed E-state index contributed by atoms with van der Waals surface area (Å²) in [6.07, 6.45) is 0. The van der Waals surface area contributed by atoms with Gasteiger partial charge in [-0.1, -0.05) is 17.7 Å². The summed E-state index contributed by atoms with van der Waals surface area (Å²) in [5.74, 6) is 1.52. The molecule has 9 heteroatoms. The number of nitrogens with one attached hydrogen (secondary N) is 1. The zero-order valence-corrected chi connectivity index (χ0v) is 16.3. The average molecular weight is 413 g/mol. The molecule has 2 fully saturated rings. The van der Waals surface area contributed by atoms with Gasteiger partial charge in [0.15, 0.2) is 11.0 Å². The molecule has 27 heavy (non-hydrogen) atoms. The second-order valence-electron chi connectivity index (χ2n) is 6.78. The van der Waals surface area contributed by atoms with Gasteiger partial charge in [-0.15, -0.1) is 0 Å². The SMILES string of the molecule is Cc1ccc(S(=O)(=O)O)cc1.O=C(c1ccc(Cl)o1)N1CC2CNCC2C1. The molecule has 0 aliphatic carbocycles. The van der Waals surface area contributed by atoms with Crippen molar-refractivity contribution >= 4 is 27.6 Å². The van der Waals surface area contributed by atoms with Crippen LogP contribution in [0.3, 0.4) is 0 Å². The Morgan fingerprint density at radius 1 is 1.15 bits per heavy atom. The standard InChI is InChI=1S/C11H13ClN2O2.C7H8O3S/c12-10-2-1-9(16-10)11(15)14-5-7-3-13-4-8(7)6-14;1-6-2-4-7(5-3-6)11(8,9)10/h1-2,7-8,13H,3-6H2;2-5H,1H3,(H,8,9,10). The van der Waals surface area contributed by atoms with Gasteiger partial charge >= 0.3 is 0 Å². The van der Waals surface area contributed by atoms with Crippen LogP contribution in [0.1, 0.15) is 16.1 Å². The largest absolute Gasteiger partial charge is 0.440 e. The second-order valence-corrected chi connectivity index (χ2v) is 8.57. The number of amides is 1. The topological polar surface area (TPSA) is 99.8 Å². The van der Waals surface area contributed by atoms with E-state index in [4.69, 9.17) is 20.6 Å². The van der Waals surface area contributed by atoms with E-state index < -0.39 is 10.1 Å². The minimum Gasteiger partial charge on any atom is -0.440 e. The summed E-state index contributed by atoms with van der Waals surface area (Å²) in [5.41, 5.74) is 0.956. The molecule has 146 valence electrons. The van der Waals surface area contributed by atoms with Gasteiger partial charge in [0.25, 0.3) is 16.0 Å².